The van der Waals surface area contributed by atoms with Gasteiger partial charge in [0.1, 0.15) is 6.33 Å². The highest BCUT2D eigenvalue weighted by Gasteiger charge is 2.32. The Morgan fingerprint density at radius 1 is 0.957 bits per heavy atom. The zero-order chi connectivity index (χ0) is 32.3. The topological polar surface area (TPSA) is 154 Å². The Hall–Kier alpha value is -4.23. The van der Waals surface area contributed by atoms with Crippen molar-refractivity contribution in [2.75, 3.05) is 22.1 Å². The fourth-order valence-electron chi connectivity index (χ4n) is 5.15. The van der Waals surface area contributed by atoms with E-state index in [2.05, 4.69) is 20.8 Å². The summed E-state index contributed by atoms with van der Waals surface area (Å²) in [7, 11) is 1.91. The van der Waals surface area contributed by atoms with Gasteiger partial charge in [0.15, 0.2) is 11.4 Å². The van der Waals surface area contributed by atoms with Crippen LogP contribution in [0.1, 0.15) is 67.6 Å². The molecule has 3 atom stereocenters. The number of thioether (sulfide) groups is 1. The molecule has 1 fully saturated rings. The average molecular weight is 645 g/mol. The molecule has 2 amide bonds. The van der Waals surface area contributed by atoms with Crippen LogP contribution in [0, 0.1) is 0 Å². The van der Waals surface area contributed by atoms with E-state index in [1.807, 2.05) is 72.3 Å². The Balaban J connectivity index is 1.14. The van der Waals surface area contributed by atoms with E-state index >= 15 is 0 Å². The second-order valence-electron chi connectivity index (χ2n) is 11.3. The summed E-state index contributed by atoms with van der Waals surface area (Å²) in [5.74, 6) is 0.477. The zero-order valence-corrected chi connectivity index (χ0v) is 26.6. The van der Waals surface area contributed by atoms with Gasteiger partial charge in [0.05, 0.1) is 30.2 Å². The molecule has 5 rings (SSSR count). The number of nitrogens with two attached hydrogens (primary N) is 1. The van der Waals surface area contributed by atoms with Crippen LogP contribution in [0.15, 0.2) is 84.3 Å². The zero-order valence-electron chi connectivity index (χ0n) is 25.8. The standard InChI is InChI=1S/C34H40N6O5S/c1-40-22-36-39-34(40)46-21-27-19-30(24-16-14-23(20-41)15-17-24)45-33(44-27)25-8-7-9-26(18-25)37-31(42)12-3-2-4-13-32(43)38-29-11-6-5-10-28(29)35/h5-11,14-18,22,27,30,33,41H,2-4,12-13,19-21,35H2,1H3,(H,37,42)(H,38,43). The van der Waals surface area contributed by atoms with E-state index in [1.54, 1.807) is 30.2 Å². The minimum atomic E-state index is -0.643. The number of amides is 2. The van der Waals surface area contributed by atoms with Crippen LogP contribution in [-0.2, 0) is 32.7 Å². The van der Waals surface area contributed by atoms with Crippen LogP contribution < -0.4 is 16.4 Å². The summed E-state index contributed by atoms with van der Waals surface area (Å²) in [6.45, 7) is -0.0190. The Bertz CT molecular complexity index is 1600. The molecule has 0 aliphatic carbocycles. The van der Waals surface area contributed by atoms with Gasteiger partial charge in [0, 0.05) is 43.3 Å². The third kappa shape index (κ3) is 9.39. The Kier molecular flexibility index (Phi) is 11.8. The number of anilines is 3. The highest BCUT2D eigenvalue weighted by molar-refractivity contribution is 7.99. The average Bonchev–Trinajstić information content (AvgIpc) is 3.49. The fourth-order valence-corrected chi connectivity index (χ4v) is 6.06. The quantitative estimate of drug-likeness (QED) is 0.0763. The summed E-state index contributed by atoms with van der Waals surface area (Å²) in [5.41, 5.74) is 10.3. The molecule has 0 bridgehead atoms. The number of benzene rings is 3. The van der Waals surface area contributed by atoms with Crippen LogP contribution in [0.3, 0.4) is 0 Å². The normalized spacial score (nSPS) is 17.8. The van der Waals surface area contributed by atoms with Crippen LogP contribution in [0.2, 0.25) is 0 Å². The molecule has 5 N–H and O–H groups in total. The number of hydrogen-bond donors (Lipinski definition) is 4. The van der Waals surface area contributed by atoms with Gasteiger partial charge >= 0.3 is 0 Å². The third-order valence-electron chi connectivity index (χ3n) is 7.67. The second kappa shape index (κ2) is 16.4. The molecule has 11 nitrogen and oxygen atoms in total. The maximum Gasteiger partial charge on any atom is 0.224 e. The number of aliphatic hydroxyl groups excluding tert-OH is 1. The lowest BCUT2D eigenvalue weighted by Crippen LogP contribution is -2.31. The summed E-state index contributed by atoms with van der Waals surface area (Å²) >= 11 is 1.58. The minimum Gasteiger partial charge on any atom is -0.397 e. The molecule has 1 aromatic heterocycles. The lowest BCUT2D eigenvalue weighted by atomic mass is 10.0. The molecule has 3 unspecified atom stereocenters. The van der Waals surface area contributed by atoms with Crippen LogP contribution >= 0.6 is 11.8 Å². The second-order valence-corrected chi connectivity index (χ2v) is 12.2. The van der Waals surface area contributed by atoms with Gasteiger partial charge in [-0.15, -0.1) is 10.2 Å². The Morgan fingerprint density at radius 3 is 2.43 bits per heavy atom. The molecule has 4 aromatic rings. The molecule has 0 radical (unpaired) electrons. The van der Waals surface area contributed by atoms with Gasteiger partial charge in [-0.1, -0.05) is 66.7 Å². The number of unbranched alkanes of at least 4 members (excludes halogenated alkanes) is 2. The molecular weight excluding hydrogens is 604 g/mol. The molecule has 1 saturated heterocycles. The van der Waals surface area contributed by atoms with E-state index in [0.717, 1.165) is 28.3 Å². The fraction of sp³-hybridized carbons (Fsp3) is 0.353. The predicted octanol–water partition coefficient (Wildman–Crippen LogP) is 5.76. The van der Waals surface area contributed by atoms with Crippen molar-refractivity contribution in [1.82, 2.24) is 14.8 Å². The number of nitrogens with zero attached hydrogens (tertiary/aromatic N) is 3. The molecule has 12 heteroatoms. The van der Waals surface area contributed by atoms with E-state index in [1.165, 1.54) is 0 Å². The van der Waals surface area contributed by atoms with E-state index in [4.69, 9.17) is 15.2 Å². The van der Waals surface area contributed by atoms with Crippen molar-refractivity contribution < 1.29 is 24.2 Å². The predicted molar refractivity (Wildman–Crippen MR) is 178 cm³/mol. The number of carbonyl (C=O) groups excluding carboxylic acids is 2. The number of hydrogen-bond acceptors (Lipinski definition) is 9. The Labute approximate surface area is 272 Å². The molecule has 2 heterocycles. The van der Waals surface area contributed by atoms with Crippen LogP contribution in [0.4, 0.5) is 17.1 Å². The SMILES string of the molecule is Cn1cnnc1SCC1CC(c2ccc(CO)cc2)OC(c2cccc(NC(=O)CCCCCC(=O)Nc3ccccc3N)c2)O1. The van der Waals surface area contributed by atoms with E-state index in [9.17, 15) is 14.7 Å². The molecule has 242 valence electrons. The van der Waals surface area contributed by atoms with Crippen LogP contribution in [0.5, 0.6) is 0 Å². The van der Waals surface area contributed by atoms with Gasteiger partial charge in [0.25, 0.3) is 0 Å². The largest absolute Gasteiger partial charge is 0.397 e. The van der Waals surface area contributed by atoms with Crippen molar-refractivity contribution in [2.45, 2.75) is 68.8 Å². The molecular formula is C34H40N6O5S. The number of carbonyl (C=O) groups is 2. The number of aromatic nitrogens is 3. The smallest absolute Gasteiger partial charge is 0.224 e. The summed E-state index contributed by atoms with van der Waals surface area (Å²) in [6.07, 6.45) is 4.14. The highest BCUT2D eigenvalue weighted by Crippen LogP contribution is 2.39. The number of nitrogens with one attached hydrogen (secondary N) is 2. The van der Waals surface area contributed by atoms with Gasteiger partial charge in [-0.05, 0) is 48.2 Å². The molecule has 0 saturated carbocycles. The van der Waals surface area contributed by atoms with Crippen molar-refractivity contribution in [2.24, 2.45) is 7.05 Å². The first kappa shape index (κ1) is 33.1. The maximum absolute atomic E-state index is 12.7. The molecule has 3 aromatic carbocycles. The number of aryl methyl sites for hydroxylation is 1. The van der Waals surface area contributed by atoms with Crippen molar-refractivity contribution in [1.29, 1.82) is 0 Å². The summed E-state index contributed by atoms with van der Waals surface area (Å²) in [6, 6.07) is 22.4. The van der Waals surface area contributed by atoms with Crippen molar-refractivity contribution in [3.63, 3.8) is 0 Å². The van der Waals surface area contributed by atoms with Crippen molar-refractivity contribution in [3.05, 3.63) is 95.8 Å². The van der Waals surface area contributed by atoms with E-state index < -0.39 is 6.29 Å². The minimum absolute atomic E-state index is 0.0190. The number of aliphatic hydroxyl groups is 1. The van der Waals surface area contributed by atoms with E-state index in [0.29, 0.717) is 54.9 Å². The summed E-state index contributed by atoms with van der Waals surface area (Å²) in [4.78, 5) is 25.0. The summed E-state index contributed by atoms with van der Waals surface area (Å²) < 4.78 is 14.8. The van der Waals surface area contributed by atoms with Crippen LogP contribution in [-0.4, -0.2) is 43.5 Å². The van der Waals surface area contributed by atoms with Crippen molar-refractivity contribution >= 4 is 40.6 Å². The first-order valence-electron chi connectivity index (χ1n) is 15.4. The lowest BCUT2D eigenvalue weighted by molar-refractivity contribution is -0.245. The monoisotopic (exact) mass is 644 g/mol. The van der Waals surface area contributed by atoms with Gasteiger partial charge in [-0.3, -0.25) is 9.59 Å². The molecule has 1 aliphatic heterocycles. The first-order valence-corrected chi connectivity index (χ1v) is 16.4. The maximum atomic E-state index is 12.7. The van der Waals surface area contributed by atoms with Gasteiger partial charge in [0.2, 0.25) is 11.8 Å². The first-order chi connectivity index (χ1) is 22.4. The number of ether oxygens (including phenoxy) is 2. The number of nitrogen functional groups attached to an aromatic ring is 1. The Morgan fingerprint density at radius 2 is 1.72 bits per heavy atom. The van der Waals surface area contributed by atoms with Gasteiger partial charge < -0.3 is 35.5 Å². The molecule has 1 aliphatic rings. The number of rotatable bonds is 14. The number of para-hydroxylation sites is 2. The van der Waals surface area contributed by atoms with Crippen molar-refractivity contribution in [3.8, 4) is 0 Å². The highest BCUT2D eigenvalue weighted by atomic mass is 32.2. The summed E-state index contributed by atoms with van der Waals surface area (Å²) in [5, 5.41) is 24.2. The van der Waals surface area contributed by atoms with Crippen LogP contribution in [0.25, 0.3) is 0 Å². The van der Waals surface area contributed by atoms with E-state index in [-0.39, 0.29) is 30.6 Å². The molecule has 0 spiro atoms. The third-order valence-corrected chi connectivity index (χ3v) is 8.83. The molecule has 46 heavy (non-hydrogen) atoms. The lowest BCUT2D eigenvalue weighted by Gasteiger charge is -2.36. The van der Waals surface area contributed by atoms with Gasteiger partial charge in [-0.2, -0.15) is 0 Å². The van der Waals surface area contributed by atoms with Gasteiger partial charge in [-0.25, -0.2) is 0 Å².